The summed E-state index contributed by atoms with van der Waals surface area (Å²) in [7, 11) is -3.59. The third-order valence-electron chi connectivity index (χ3n) is 5.15. The van der Waals surface area contributed by atoms with Crippen molar-refractivity contribution in [3.63, 3.8) is 0 Å². The zero-order valence-electron chi connectivity index (χ0n) is 17.7. The highest BCUT2D eigenvalue weighted by atomic mass is 32.2. The molecule has 1 fully saturated rings. The van der Waals surface area contributed by atoms with Crippen LogP contribution in [-0.4, -0.2) is 68.0 Å². The number of amides is 1. The molecule has 3 atom stereocenters. The van der Waals surface area contributed by atoms with Gasteiger partial charge in [-0.1, -0.05) is 19.9 Å². The fourth-order valence-corrected chi connectivity index (χ4v) is 5.31. The molecular formula is C20H33N3O4S. The smallest absolute Gasteiger partial charge is 0.243 e. The number of nitrogens with one attached hydrogen (secondary N) is 1. The number of carbonyl (C=O) groups is 1. The van der Waals surface area contributed by atoms with Crippen molar-refractivity contribution in [2.24, 2.45) is 0 Å². The Morgan fingerprint density at radius 2 is 1.82 bits per heavy atom. The van der Waals surface area contributed by atoms with Crippen LogP contribution in [0.3, 0.4) is 0 Å². The monoisotopic (exact) mass is 411 g/mol. The Hall–Kier alpha value is -1.48. The van der Waals surface area contributed by atoms with E-state index in [0.29, 0.717) is 37.4 Å². The normalized spacial score (nSPS) is 22.2. The lowest BCUT2D eigenvalue weighted by Crippen LogP contribution is -2.52. The Labute approximate surface area is 169 Å². The van der Waals surface area contributed by atoms with Gasteiger partial charge in [0.2, 0.25) is 15.9 Å². The van der Waals surface area contributed by atoms with Crippen LogP contribution >= 0.6 is 0 Å². The average Bonchev–Trinajstić information content (AvgIpc) is 2.62. The van der Waals surface area contributed by atoms with Gasteiger partial charge in [-0.05, 0) is 45.4 Å². The van der Waals surface area contributed by atoms with Crippen molar-refractivity contribution >= 4 is 21.6 Å². The predicted octanol–water partition coefficient (Wildman–Crippen LogP) is 2.46. The number of rotatable bonds is 7. The van der Waals surface area contributed by atoms with E-state index in [1.54, 1.807) is 25.1 Å². The second kappa shape index (κ2) is 9.35. The van der Waals surface area contributed by atoms with Crippen LogP contribution in [0.25, 0.3) is 0 Å². The minimum atomic E-state index is -3.59. The molecule has 0 aliphatic carbocycles. The fourth-order valence-electron chi connectivity index (χ4n) is 3.60. The molecule has 7 nitrogen and oxygen atoms in total. The molecule has 1 saturated heterocycles. The van der Waals surface area contributed by atoms with Crippen molar-refractivity contribution in [2.75, 3.05) is 31.5 Å². The van der Waals surface area contributed by atoms with E-state index in [1.807, 2.05) is 34.6 Å². The molecule has 0 spiro atoms. The minimum Gasteiger partial charge on any atom is -0.373 e. The second-order valence-electron chi connectivity index (χ2n) is 7.45. The van der Waals surface area contributed by atoms with Crippen LogP contribution in [0, 0.1) is 6.92 Å². The number of sulfonamides is 1. The molecule has 0 aromatic heterocycles. The van der Waals surface area contributed by atoms with Gasteiger partial charge < -0.3 is 10.1 Å². The van der Waals surface area contributed by atoms with Gasteiger partial charge in [0.05, 0.1) is 23.1 Å². The van der Waals surface area contributed by atoms with E-state index in [-0.39, 0.29) is 29.1 Å². The fraction of sp³-hybridized carbons (Fsp3) is 0.650. The number of anilines is 1. The van der Waals surface area contributed by atoms with Crippen LogP contribution in [0.4, 0.5) is 5.69 Å². The van der Waals surface area contributed by atoms with E-state index >= 15 is 0 Å². The molecule has 1 heterocycles. The quantitative estimate of drug-likeness (QED) is 0.746. The molecule has 1 aliphatic rings. The summed E-state index contributed by atoms with van der Waals surface area (Å²) in [6, 6.07) is 4.69. The van der Waals surface area contributed by atoms with Gasteiger partial charge in [0, 0.05) is 31.9 Å². The standard InChI is InChI=1S/C20H33N3O4S/c1-7-23(8-2)28(25,26)19-11-18(10-9-14(19)3)21-20(24)17(6)22-12-15(4)27-16(5)13-22/h9-11,15-17H,7-8,12-13H2,1-6H3,(H,21,24)/t15-,16+,17-/m0/s1. The first kappa shape index (κ1) is 22.8. The SMILES string of the molecule is CCN(CC)S(=O)(=O)c1cc(NC(=O)[C@H](C)N2C[C@@H](C)O[C@@H](C)C2)ccc1C. The van der Waals surface area contributed by atoms with Gasteiger partial charge in [0.15, 0.2) is 0 Å². The minimum absolute atomic E-state index is 0.0733. The molecule has 1 amide bonds. The predicted molar refractivity (Wildman–Crippen MR) is 111 cm³/mol. The van der Waals surface area contributed by atoms with Crippen molar-refractivity contribution in [3.05, 3.63) is 23.8 Å². The van der Waals surface area contributed by atoms with Crippen molar-refractivity contribution in [1.29, 1.82) is 0 Å². The zero-order valence-corrected chi connectivity index (χ0v) is 18.5. The Balaban J connectivity index is 2.19. The summed E-state index contributed by atoms with van der Waals surface area (Å²) in [5, 5.41) is 2.88. The van der Waals surface area contributed by atoms with Gasteiger partial charge in [-0.2, -0.15) is 4.31 Å². The molecule has 0 unspecified atom stereocenters. The lowest BCUT2D eigenvalue weighted by atomic mass is 10.1. The maximum Gasteiger partial charge on any atom is 0.243 e. The highest BCUT2D eigenvalue weighted by Gasteiger charge is 2.30. The van der Waals surface area contributed by atoms with Gasteiger partial charge in [-0.15, -0.1) is 0 Å². The summed E-state index contributed by atoms with van der Waals surface area (Å²) < 4.78 is 32.9. The highest BCUT2D eigenvalue weighted by Crippen LogP contribution is 2.24. The molecular weight excluding hydrogens is 378 g/mol. The summed E-state index contributed by atoms with van der Waals surface area (Å²) >= 11 is 0. The molecule has 0 radical (unpaired) electrons. The molecule has 0 bridgehead atoms. The number of morpholine rings is 1. The molecule has 1 aliphatic heterocycles. The van der Waals surface area contributed by atoms with E-state index in [4.69, 9.17) is 4.74 Å². The number of nitrogens with zero attached hydrogens (tertiary/aromatic N) is 2. The van der Waals surface area contributed by atoms with Crippen LogP contribution in [0.5, 0.6) is 0 Å². The van der Waals surface area contributed by atoms with Gasteiger partial charge in [-0.3, -0.25) is 9.69 Å². The number of hydrogen-bond acceptors (Lipinski definition) is 5. The molecule has 1 N–H and O–H groups in total. The summed E-state index contributed by atoms with van der Waals surface area (Å²) in [5.41, 5.74) is 1.15. The first-order valence-corrected chi connectivity index (χ1v) is 11.3. The molecule has 8 heteroatoms. The second-order valence-corrected chi connectivity index (χ2v) is 9.35. The van der Waals surface area contributed by atoms with E-state index in [1.165, 1.54) is 4.31 Å². The summed E-state index contributed by atoms with van der Waals surface area (Å²) in [5.74, 6) is -0.156. The van der Waals surface area contributed by atoms with Crippen molar-refractivity contribution in [3.8, 4) is 0 Å². The maximum absolute atomic E-state index is 12.9. The van der Waals surface area contributed by atoms with E-state index < -0.39 is 10.0 Å². The Kier molecular flexibility index (Phi) is 7.61. The lowest BCUT2D eigenvalue weighted by Gasteiger charge is -2.38. The Morgan fingerprint density at radius 3 is 2.36 bits per heavy atom. The number of ether oxygens (including phenoxy) is 1. The van der Waals surface area contributed by atoms with Crippen molar-refractivity contribution in [2.45, 2.75) is 64.7 Å². The third kappa shape index (κ3) is 5.11. The number of benzene rings is 1. The zero-order chi connectivity index (χ0) is 21.1. The molecule has 2 rings (SSSR count). The number of aryl methyl sites for hydroxylation is 1. The lowest BCUT2D eigenvalue weighted by molar-refractivity contribution is -0.126. The van der Waals surface area contributed by atoms with Gasteiger partial charge in [0.1, 0.15) is 0 Å². The Morgan fingerprint density at radius 1 is 1.25 bits per heavy atom. The topological polar surface area (TPSA) is 79.0 Å². The van der Waals surface area contributed by atoms with Crippen LogP contribution in [0.2, 0.25) is 0 Å². The van der Waals surface area contributed by atoms with Crippen LogP contribution < -0.4 is 5.32 Å². The van der Waals surface area contributed by atoms with E-state index in [0.717, 1.165) is 0 Å². The van der Waals surface area contributed by atoms with E-state index in [2.05, 4.69) is 10.2 Å². The maximum atomic E-state index is 12.9. The van der Waals surface area contributed by atoms with Crippen LogP contribution in [0.1, 0.15) is 40.2 Å². The van der Waals surface area contributed by atoms with Gasteiger partial charge in [0.25, 0.3) is 0 Å². The third-order valence-corrected chi connectivity index (χ3v) is 7.35. The van der Waals surface area contributed by atoms with Crippen molar-refractivity contribution in [1.82, 2.24) is 9.21 Å². The molecule has 1 aromatic rings. The van der Waals surface area contributed by atoms with Gasteiger partial charge in [-0.25, -0.2) is 8.42 Å². The Bertz CT molecular complexity index is 783. The first-order valence-electron chi connectivity index (χ1n) is 9.91. The van der Waals surface area contributed by atoms with Crippen LogP contribution in [-0.2, 0) is 19.6 Å². The molecule has 1 aromatic carbocycles. The average molecular weight is 412 g/mol. The summed E-state index contributed by atoms with van der Waals surface area (Å²) in [6.45, 7) is 13.4. The molecule has 28 heavy (non-hydrogen) atoms. The van der Waals surface area contributed by atoms with Crippen LogP contribution in [0.15, 0.2) is 23.1 Å². The summed E-state index contributed by atoms with van der Waals surface area (Å²) in [4.78, 5) is 15.1. The largest absolute Gasteiger partial charge is 0.373 e. The first-order chi connectivity index (χ1) is 13.1. The highest BCUT2D eigenvalue weighted by molar-refractivity contribution is 7.89. The van der Waals surface area contributed by atoms with E-state index in [9.17, 15) is 13.2 Å². The van der Waals surface area contributed by atoms with Crippen molar-refractivity contribution < 1.29 is 17.9 Å². The van der Waals surface area contributed by atoms with Gasteiger partial charge >= 0.3 is 0 Å². The summed E-state index contributed by atoms with van der Waals surface area (Å²) in [6.07, 6.45) is 0.147. The molecule has 0 saturated carbocycles. The number of hydrogen-bond donors (Lipinski definition) is 1. The molecule has 158 valence electrons. The number of carbonyl (C=O) groups excluding carboxylic acids is 1.